The van der Waals surface area contributed by atoms with Gasteiger partial charge in [-0.15, -0.1) is 0 Å². The number of carbonyl (C=O) groups excluding carboxylic acids is 1. The van der Waals surface area contributed by atoms with E-state index in [0.29, 0.717) is 37.1 Å². The average Bonchev–Trinajstić information content (AvgIpc) is 3.32. The van der Waals surface area contributed by atoms with Crippen LogP contribution >= 0.6 is 0 Å². The third-order valence-electron chi connectivity index (χ3n) is 5.04. The van der Waals surface area contributed by atoms with Crippen molar-refractivity contribution in [2.75, 3.05) is 13.1 Å². The zero-order chi connectivity index (χ0) is 25.6. The van der Waals surface area contributed by atoms with Gasteiger partial charge in [0.2, 0.25) is 0 Å². The van der Waals surface area contributed by atoms with Crippen LogP contribution in [0.1, 0.15) is 49.3 Å². The van der Waals surface area contributed by atoms with Crippen LogP contribution in [0.4, 0.5) is 4.39 Å². The summed E-state index contributed by atoms with van der Waals surface area (Å²) in [7, 11) is 0. The number of phenolic OH excluding ortho intramolecular Hbond substituents is 1. The van der Waals surface area contributed by atoms with E-state index < -0.39 is 0 Å². The van der Waals surface area contributed by atoms with Crippen molar-refractivity contribution in [1.82, 2.24) is 20.2 Å². The van der Waals surface area contributed by atoms with Gasteiger partial charge in [-0.3, -0.25) is 4.79 Å². The Morgan fingerprint density at radius 2 is 1.77 bits per heavy atom. The van der Waals surface area contributed by atoms with Crippen molar-refractivity contribution in [2.24, 2.45) is 0 Å². The third kappa shape index (κ3) is 7.93. The van der Waals surface area contributed by atoms with Crippen LogP contribution in [0.3, 0.4) is 0 Å². The molecular formula is C28H35FN4O2. The van der Waals surface area contributed by atoms with Gasteiger partial charge in [0.05, 0.1) is 12.0 Å². The molecule has 186 valence electrons. The van der Waals surface area contributed by atoms with Crippen molar-refractivity contribution in [3.8, 4) is 5.75 Å². The topological polar surface area (TPSA) is 79.2 Å². The number of imidazole rings is 1. The Morgan fingerprint density at radius 3 is 2.54 bits per heavy atom. The number of phenols is 1. The first kappa shape index (κ1) is 27.5. The zero-order valence-corrected chi connectivity index (χ0v) is 20.9. The predicted octanol–water partition coefficient (Wildman–Crippen LogP) is 5.50. The summed E-state index contributed by atoms with van der Waals surface area (Å²) in [5.41, 5.74) is 2.37. The standard InChI is InChI=1S/C24H23FN4O2.2C2H6/c25-19-5-1-3-17(11-19)15-29-16-27-14-20(29)13-26-9-10-28-24(31)22-6-2-4-18-7-8-21(30)12-23(18)22;2*1-2/h1-8,11-12,14,16,26,30H,9-10,13,15H2,(H,28,31);2*1-2H3. The highest BCUT2D eigenvalue weighted by molar-refractivity contribution is 6.07. The Morgan fingerprint density at radius 1 is 1.00 bits per heavy atom. The van der Waals surface area contributed by atoms with E-state index in [-0.39, 0.29) is 17.5 Å². The van der Waals surface area contributed by atoms with Crippen molar-refractivity contribution in [1.29, 1.82) is 0 Å². The molecule has 1 heterocycles. The highest BCUT2D eigenvalue weighted by Gasteiger charge is 2.10. The van der Waals surface area contributed by atoms with E-state index >= 15 is 0 Å². The van der Waals surface area contributed by atoms with E-state index in [1.54, 1.807) is 42.9 Å². The SMILES string of the molecule is CC.CC.O=C(NCCNCc1cncn1Cc1cccc(F)c1)c1cccc2ccc(O)cc12. The van der Waals surface area contributed by atoms with Crippen LogP contribution in [0, 0.1) is 5.82 Å². The van der Waals surface area contributed by atoms with E-state index in [4.69, 9.17) is 0 Å². The molecule has 3 N–H and O–H groups in total. The largest absolute Gasteiger partial charge is 0.508 e. The van der Waals surface area contributed by atoms with Crippen molar-refractivity contribution in [3.05, 3.63) is 95.8 Å². The smallest absolute Gasteiger partial charge is 0.251 e. The molecule has 0 saturated heterocycles. The molecule has 3 aromatic carbocycles. The summed E-state index contributed by atoms with van der Waals surface area (Å²) in [6, 6.07) is 17.0. The van der Waals surface area contributed by atoms with Crippen LogP contribution in [0.15, 0.2) is 73.2 Å². The Kier molecular flexibility index (Phi) is 11.4. The van der Waals surface area contributed by atoms with E-state index in [1.165, 1.54) is 12.1 Å². The van der Waals surface area contributed by atoms with Crippen molar-refractivity contribution in [3.63, 3.8) is 0 Å². The van der Waals surface area contributed by atoms with Crippen molar-refractivity contribution >= 4 is 16.7 Å². The van der Waals surface area contributed by atoms with Gasteiger partial charge < -0.3 is 20.3 Å². The molecule has 1 aromatic heterocycles. The molecule has 6 nitrogen and oxygen atoms in total. The number of amides is 1. The normalized spacial score (nSPS) is 10.1. The number of carbonyl (C=O) groups is 1. The monoisotopic (exact) mass is 478 g/mol. The first-order valence-corrected chi connectivity index (χ1v) is 12.0. The van der Waals surface area contributed by atoms with Gasteiger partial charge in [0.1, 0.15) is 11.6 Å². The number of benzene rings is 3. The number of rotatable bonds is 8. The number of hydrogen-bond donors (Lipinski definition) is 3. The van der Waals surface area contributed by atoms with Crippen molar-refractivity contribution in [2.45, 2.75) is 40.8 Å². The second kappa shape index (κ2) is 14.5. The average molecular weight is 479 g/mol. The van der Waals surface area contributed by atoms with Gasteiger partial charge in [-0.1, -0.05) is 58.0 Å². The summed E-state index contributed by atoms with van der Waals surface area (Å²) in [5, 5.41) is 17.5. The summed E-state index contributed by atoms with van der Waals surface area (Å²) in [6.45, 7) is 10.1. The molecule has 0 saturated carbocycles. The molecule has 1 amide bonds. The summed E-state index contributed by atoms with van der Waals surface area (Å²) in [5.74, 6) is -0.312. The fraction of sp³-hybridized carbons (Fsp3) is 0.286. The molecular weight excluding hydrogens is 443 g/mol. The van der Waals surface area contributed by atoms with E-state index in [2.05, 4.69) is 15.6 Å². The van der Waals surface area contributed by atoms with Crippen LogP contribution in [-0.2, 0) is 13.1 Å². The van der Waals surface area contributed by atoms with Gasteiger partial charge in [0, 0.05) is 37.9 Å². The maximum atomic E-state index is 13.4. The first-order chi connectivity index (χ1) is 17.1. The van der Waals surface area contributed by atoms with Gasteiger partial charge in [-0.2, -0.15) is 0 Å². The molecule has 4 aromatic rings. The lowest BCUT2D eigenvalue weighted by molar-refractivity contribution is 0.0955. The van der Waals surface area contributed by atoms with Gasteiger partial charge in [-0.25, -0.2) is 9.37 Å². The van der Waals surface area contributed by atoms with Gasteiger partial charge >= 0.3 is 0 Å². The number of halogens is 1. The first-order valence-electron chi connectivity index (χ1n) is 12.0. The lowest BCUT2D eigenvalue weighted by Crippen LogP contribution is -2.32. The maximum Gasteiger partial charge on any atom is 0.251 e. The summed E-state index contributed by atoms with van der Waals surface area (Å²) in [4.78, 5) is 16.8. The Balaban J connectivity index is 0.00000103. The number of nitrogens with zero attached hydrogens (tertiary/aromatic N) is 2. The lowest BCUT2D eigenvalue weighted by Gasteiger charge is -2.11. The minimum absolute atomic E-state index is 0.129. The van der Waals surface area contributed by atoms with Crippen LogP contribution in [-0.4, -0.2) is 33.7 Å². The third-order valence-corrected chi connectivity index (χ3v) is 5.04. The number of aromatic hydroxyl groups is 1. The molecule has 0 bridgehead atoms. The van der Waals surface area contributed by atoms with E-state index in [0.717, 1.165) is 16.6 Å². The summed E-state index contributed by atoms with van der Waals surface area (Å²) >= 11 is 0. The van der Waals surface area contributed by atoms with Gasteiger partial charge in [-0.05, 0) is 46.7 Å². The number of aromatic nitrogens is 2. The van der Waals surface area contributed by atoms with Crippen LogP contribution in [0.5, 0.6) is 5.75 Å². The zero-order valence-electron chi connectivity index (χ0n) is 20.9. The highest BCUT2D eigenvalue weighted by atomic mass is 19.1. The van der Waals surface area contributed by atoms with Gasteiger partial charge in [0.15, 0.2) is 0 Å². The molecule has 0 fully saturated rings. The lowest BCUT2D eigenvalue weighted by atomic mass is 10.0. The second-order valence-corrected chi connectivity index (χ2v) is 7.29. The maximum absolute atomic E-state index is 13.4. The number of hydrogen-bond acceptors (Lipinski definition) is 4. The van der Waals surface area contributed by atoms with Crippen LogP contribution in [0.2, 0.25) is 0 Å². The Bertz CT molecular complexity index is 1210. The fourth-order valence-corrected chi connectivity index (χ4v) is 3.50. The van der Waals surface area contributed by atoms with Crippen LogP contribution in [0.25, 0.3) is 10.8 Å². The minimum Gasteiger partial charge on any atom is -0.508 e. The molecule has 0 spiro atoms. The molecule has 0 aliphatic carbocycles. The number of nitrogens with one attached hydrogen (secondary N) is 2. The summed E-state index contributed by atoms with van der Waals surface area (Å²) in [6.07, 6.45) is 3.49. The molecule has 0 radical (unpaired) electrons. The molecule has 4 rings (SSSR count). The van der Waals surface area contributed by atoms with Crippen molar-refractivity contribution < 1.29 is 14.3 Å². The van der Waals surface area contributed by atoms with E-state index in [9.17, 15) is 14.3 Å². The fourth-order valence-electron chi connectivity index (χ4n) is 3.50. The second-order valence-electron chi connectivity index (χ2n) is 7.29. The van der Waals surface area contributed by atoms with Crippen LogP contribution < -0.4 is 10.6 Å². The quantitative estimate of drug-likeness (QED) is 0.292. The summed E-state index contributed by atoms with van der Waals surface area (Å²) < 4.78 is 15.4. The number of fused-ring (bicyclic) bond motifs is 1. The van der Waals surface area contributed by atoms with Gasteiger partial charge in [0.25, 0.3) is 5.91 Å². The highest BCUT2D eigenvalue weighted by Crippen LogP contribution is 2.23. The Hall–Kier alpha value is -3.71. The minimum atomic E-state index is -0.255. The molecule has 0 atom stereocenters. The predicted molar refractivity (Wildman–Crippen MR) is 140 cm³/mol. The molecule has 0 aliphatic rings. The molecule has 7 heteroatoms. The Labute approximate surface area is 206 Å². The molecule has 35 heavy (non-hydrogen) atoms. The molecule has 0 aliphatic heterocycles. The molecule has 0 unspecified atom stereocenters. The van der Waals surface area contributed by atoms with E-state index in [1.807, 2.05) is 50.5 Å².